The smallest absolute Gasteiger partial charge is 0.196 e. The number of nitrogens with zero attached hydrogens (tertiary/aromatic N) is 5. The van der Waals surface area contributed by atoms with Gasteiger partial charge in [-0.05, 0) is 24.3 Å². The topological polar surface area (TPSA) is 53.7 Å². The summed E-state index contributed by atoms with van der Waals surface area (Å²) in [6.45, 7) is 0. The highest BCUT2D eigenvalue weighted by molar-refractivity contribution is 5.40. The van der Waals surface area contributed by atoms with Crippen LogP contribution in [0.25, 0.3) is 0 Å². The van der Waals surface area contributed by atoms with E-state index < -0.39 is 0 Å². The van der Waals surface area contributed by atoms with Crippen molar-refractivity contribution in [1.82, 2.24) is 10.2 Å². The van der Waals surface area contributed by atoms with Gasteiger partial charge < -0.3 is 4.90 Å². The molecule has 0 atom stereocenters. The van der Waals surface area contributed by atoms with E-state index in [-0.39, 0.29) is 0 Å². The number of aromatic nitrogens is 2. The third-order valence-corrected chi connectivity index (χ3v) is 2.12. The van der Waals surface area contributed by atoms with Gasteiger partial charge in [0.2, 0.25) is 0 Å². The van der Waals surface area contributed by atoms with Gasteiger partial charge in [0.1, 0.15) is 0 Å². The van der Waals surface area contributed by atoms with Crippen molar-refractivity contribution in [2.45, 2.75) is 0 Å². The summed E-state index contributed by atoms with van der Waals surface area (Å²) in [5.74, 6) is 1.29. The molecule has 2 rings (SSSR count). The molecule has 0 aliphatic carbocycles. The summed E-state index contributed by atoms with van der Waals surface area (Å²) in [7, 11) is 3.82. The molecule has 5 heteroatoms. The van der Waals surface area contributed by atoms with Crippen LogP contribution in [0.5, 0.6) is 0 Å². The fraction of sp³-hybridized carbons (Fsp3) is 0.167. The van der Waals surface area contributed by atoms with Crippen molar-refractivity contribution in [3.63, 3.8) is 0 Å². The summed E-state index contributed by atoms with van der Waals surface area (Å²) in [4.78, 5) is 1.88. The fourth-order valence-corrected chi connectivity index (χ4v) is 1.21. The maximum Gasteiger partial charge on any atom is 0.196 e. The summed E-state index contributed by atoms with van der Waals surface area (Å²) in [5.41, 5.74) is 0.797. The zero-order valence-electron chi connectivity index (χ0n) is 9.78. The number of anilines is 1. The standard InChI is InChI=1S/C12H13N5/c1-17(2)12-9-8-11(15-16-12)14-13-10-6-4-3-5-7-10/h3-9H,1-2H3. The number of hydrogen-bond donors (Lipinski definition) is 0. The minimum atomic E-state index is 0.499. The third kappa shape index (κ3) is 3.07. The Balaban J connectivity index is 2.12. The second-order valence-corrected chi connectivity index (χ2v) is 3.68. The van der Waals surface area contributed by atoms with Crippen LogP contribution in [0.2, 0.25) is 0 Å². The van der Waals surface area contributed by atoms with Crippen LogP contribution in [-0.4, -0.2) is 24.3 Å². The van der Waals surface area contributed by atoms with Gasteiger partial charge in [-0.15, -0.1) is 20.4 Å². The molecule has 0 saturated carbocycles. The fourth-order valence-electron chi connectivity index (χ4n) is 1.21. The highest BCUT2D eigenvalue weighted by Crippen LogP contribution is 2.16. The molecule has 0 N–H and O–H groups in total. The molecular weight excluding hydrogens is 214 g/mol. The van der Waals surface area contributed by atoms with Crippen molar-refractivity contribution >= 4 is 17.3 Å². The van der Waals surface area contributed by atoms with Gasteiger partial charge in [-0.25, -0.2) is 0 Å². The minimum Gasteiger partial charge on any atom is -0.361 e. The lowest BCUT2D eigenvalue weighted by atomic mass is 10.3. The first-order valence-electron chi connectivity index (χ1n) is 5.23. The highest BCUT2D eigenvalue weighted by atomic mass is 15.3. The second kappa shape index (κ2) is 5.16. The number of benzene rings is 1. The Hall–Kier alpha value is -2.30. The van der Waals surface area contributed by atoms with Crippen LogP contribution in [-0.2, 0) is 0 Å². The summed E-state index contributed by atoms with van der Waals surface area (Å²) in [6.07, 6.45) is 0. The van der Waals surface area contributed by atoms with E-state index in [4.69, 9.17) is 0 Å². The van der Waals surface area contributed by atoms with Crippen molar-refractivity contribution in [3.05, 3.63) is 42.5 Å². The van der Waals surface area contributed by atoms with Crippen molar-refractivity contribution in [1.29, 1.82) is 0 Å². The van der Waals surface area contributed by atoms with Gasteiger partial charge in [0, 0.05) is 14.1 Å². The Morgan fingerprint density at radius 2 is 1.65 bits per heavy atom. The first kappa shape index (κ1) is 11.2. The average molecular weight is 227 g/mol. The van der Waals surface area contributed by atoms with E-state index in [0.29, 0.717) is 5.82 Å². The maximum atomic E-state index is 4.06. The molecule has 2 aromatic rings. The maximum absolute atomic E-state index is 4.06. The molecule has 86 valence electrons. The van der Waals surface area contributed by atoms with Gasteiger partial charge in [0.05, 0.1) is 5.69 Å². The monoisotopic (exact) mass is 227 g/mol. The molecular formula is C12H13N5. The molecule has 0 unspecified atom stereocenters. The van der Waals surface area contributed by atoms with E-state index in [1.807, 2.05) is 55.4 Å². The summed E-state index contributed by atoms with van der Waals surface area (Å²) in [6, 6.07) is 13.2. The van der Waals surface area contributed by atoms with Gasteiger partial charge >= 0.3 is 0 Å². The van der Waals surface area contributed by atoms with Gasteiger partial charge in [0.15, 0.2) is 11.6 Å². The summed E-state index contributed by atoms with van der Waals surface area (Å²) >= 11 is 0. The number of azo groups is 1. The van der Waals surface area contributed by atoms with E-state index in [9.17, 15) is 0 Å². The van der Waals surface area contributed by atoms with Gasteiger partial charge in [-0.2, -0.15) is 0 Å². The molecule has 0 saturated heterocycles. The predicted molar refractivity (Wildman–Crippen MR) is 67.0 cm³/mol. The zero-order chi connectivity index (χ0) is 12.1. The van der Waals surface area contributed by atoms with Crippen LogP contribution in [0.4, 0.5) is 17.3 Å². The van der Waals surface area contributed by atoms with Crippen LogP contribution >= 0.6 is 0 Å². The predicted octanol–water partition coefficient (Wildman–Crippen LogP) is 2.96. The molecule has 1 aromatic carbocycles. The Morgan fingerprint density at radius 3 is 2.24 bits per heavy atom. The molecule has 5 nitrogen and oxygen atoms in total. The number of hydrogen-bond acceptors (Lipinski definition) is 5. The zero-order valence-corrected chi connectivity index (χ0v) is 9.78. The number of rotatable bonds is 3. The third-order valence-electron chi connectivity index (χ3n) is 2.12. The average Bonchev–Trinajstić information content (AvgIpc) is 2.38. The van der Waals surface area contributed by atoms with Crippen LogP contribution < -0.4 is 4.90 Å². The normalized spacial score (nSPS) is 10.7. The van der Waals surface area contributed by atoms with E-state index >= 15 is 0 Å². The van der Waals surface area contributed by atoms with E-state index in [1.165, 1.54) is 0 Å². The van der Waals surface area contributed by atoms with Gasteiger partial charge in [0.25, 0.3) is 0 Å². The molecule has 1 aromatic heterocycles. The Bertz CT molecular complexity index is 490. The minimum absolute atomic E-state index is 0.499. The molecule has 17 heavy (non-hydrogen) atoms. The van der Waals surface area contributed by atoms with E-state index in [0.717, 1.165) is 11.5 Å². The molecule has 0 bridgehead atoms. The van der Waals surface area contributed by atoms with Crippen LogP contribution in [0.3, 0.4) is 0 Å². The first-order valence-corrected chi connectivity index (χ1v) is 5.23. The molecule has 0 fully saturated rings. The molecule has 0 aliphatic heterocycles. The van der Waals surface area contributed by atoms with Crippen molar-refractivity contribution in [2.24, 2.45) is 10.2 Å². The lowest BCUT2D eigenvalue weighted by Gasteiger charge is -2.08. The van der Waals surface area contributed by atoms with Gasteiger partial charge in [-0.1, -0.05) is 18.2 Å². The SMILES string of the molecule is CN(C)c1ccc(N=Nc2ccccc2)nn1. The Labute approximate surface area is 99.8 Å². The van der Waals surface area contributed by atoms with E-state index in [2.05, 4.69) is 20.4 Å². The van der Waals surface area contributed by atoms with E-state index in [1.54, 1.807) is 6.07 Å². The van der Waals surface area contributed by atoms with Crippen molar-refractivity contribution in [2.75, 3.05) is 19.0 Å². The van der Waals surface area contributed by atoms with Crippen molar-refractivity contribution in [3.8, 4) is 0 Å². The van der Waals surface area contributed by atoms with Crippen LogP contribution in [0, 0.1) is 0 Å². The van der Waals surface area contributed by atoms with Gasteiger partial charge in [-0.3, -0.25) is 0 Å². The van der Waals surface area contributed by atoms with Crippen LogP contribution in [0.1, 0.15) is 0 Å². The summed E-state index contributed by atoms with van der Waals surface area (Å²) in [5, 5.41) is 16.0. The summed E-state index contributed by atoms with van der Waals surface area (Å²) < 4.78 is 0. The molecule has 1 heterocycles. The Morgan fingerprint density at radius 1 is 0.882 bits per heavy atom. The van der Waals surface area contributed by atoms with Crippen molar-refractivity contribution < 1.29 is 0 Å². The molecule has 0 aliphatic rings. The lowest BCUT2D eigenvalue weighted by Crippen LogP contribution is -2.10. The second-order valence-electron chi connectivity index (χ2n) is 3.68. The largest absolute Gasteiger partial charge is 0.361 e. The lowest BCUT2D eigenvalue weighted by molar-refractivity contribution is 0.950. The first-order chi connectivity index (χ1) is 8.25. The molecule has 0 spiro atoms. The Kier molecular flexibility index (Phi) is 3.40. The molecule has 0 radical (unpaired) electrons. The highest BCUT2D eigenvalue weighted by Gasteiger charge is 1.97. The quantitative estimate of drug-likeness (QED) is 0.757. The molecule has 0 amide bonds. The van der Waals surface area contributed by atoms with Crippen LogP contribution in [0.15, 0.2) is 52.7 Å².